The van der Waals surface area contributed by atoms with Crippen molar-refractivity contribution in [1.29, 1.82) is 0 Å². The van der Waals surface area contributed by atoms with Gasteiger partial charge in [0.05, 0.1) is 18.3 Å². The number of nitrogen functional groups attached to an aromatic ring is 1. The van der Waals surface area contributed by atoms with Gasteiger partial charge in [-0.15, -0.1) is 0 Å². The third-order valence-electron chi connectivity index (χ3n) is 2.77. The Hall–Kier alpha value is -1.26. The van der Waals surface area contributed by atoms with Crippen molar-refractivity contribution in [2.24, 2.45) is 0 Å². The van der Waals surface area contributed by atoms with Gasteiger partial charge in [0.25, 0.3) is 5.91 Å². The van der Waals surface area contributed by atoms with Gasteiger partial charge >= 0.3 is 0 Å². The molecule has 0 radical (unpaired) electrons. The van der Waals surface area contributed by atoms with Gasteiger partial charge in [-0.05, 0) is 25.1 Å². The van der Waals surface area contributed by atoms with Crippen LogP contribution >= 0.6 is 11.6 Å². The van der Waals surface area contributed by atoms with Crippen LogP contribution in [0, 0.1) is 0 Å². The molecule has 0 bridgehead atoms. The number of amides is 1. The van der Waals surface area contributed by atoms with Gasteiger partial charge in [0, 0.05) is 23.8 Å². The van der Waals surface area contributed by atoms with Crippen molar-refractivity contribution in [2.45, 2.75) is 13.0 Å². The number of morpholine rings is 1. The first-order valence-corrected chi connectivity index (χ1v) is 5.91. The zero-order chi connectivity index (χ0) is 12.4. The maximum absolute atomic E-state index is 12.3. The Morgan fingerprint density at radius 2 is 2.35 bits per heavy atom. The predicted molar refractivity (Wildman–Crippen MR) is 67.2 cm³/mol. The summed E-state index contributed by atoms with van der Waals surface area (Å²) in [5.41, 5.74) is 6.72. The molecule has 1 saturated heterocycles. The average molecular weight is 255 g/mol. The minimum Gasteiger partial charge on any atom is -0.398 e. The van der Waals surface area contributed by atoms with E-state index < -0.39 is 0 Å². The van der Waals surface area contributed by atoms with Crippen molar-refractivity contribution in [3.05, 3.63) is 28.8 Å². The number of benzene rings is 1. The van der Waals surface area contributed by atoms with Crippen LogP contribution in [-0.4, -0.2) is 36.6 Å². The van der Waals surface area contributed by atoms with Gasteiger partial charge < -0.3 is 15.4 Å². The van der Waals surface area contributed by atoms with Gasteiger partial charge in [-0.25, -0.2) is 0 Å². The van der Waals surface area contributed by atoms with Crippen LogP contribution in [0.1, 0.15) is 17.3 Å². The molecule has 1 unspecified atom stereocenters. The third kappa shape index (κ3) is 2.70. The van der Waals surface area contributed by atoms with Crippen LogP contribution in [-0.2, 0) is 4.74 Å². The maximum Gasteiger partial charge on any atom is 0.256 e. The standard InChI is InChI=1S/C12H15ClN2O2/c1-8-7-15(4-5-17-8)12(16)10-6-9(13)2-3-11(10)14/h2-3,6,8H,4-5,7,14H2,1H3. The van der Waals surface area contributed by atoms with Crippen molar-refractivity contribution in [2.75, 3.05) is 25.4 Å². The molecule has 1 aliphatic heterocycles. The van der Waals surface area contributed by atoms with E-state index in [2.05, 4.69) is 0 Å². The number of nitrogens with two attached hydrogens (primary N) is 1. The summed E-state index contributed by atoms with van der Waals surface area (Å²) in [4.78, 5) is 14.0. The molecular weight excluding hydrogens is 240 g/mol. The number of hydrogen-bond donors (Lipinski definition) is 1. The fourth-order valence-electron chi connectivity index (χ4n) is 1.89. The van der Waals surface area contributed by atoms with Gasteiger partial charge in [0.15, 0.2) is 0 Å². The van der Waals surface area contributed by atoms with Crippen molar-refractivity contribution in [3.63, 3.8) is 0 Å². The van der Waals surface area contributed by atoms with E-state index in [4.69, 9.17) is 22.1 Å². The number of carbonyl (C=O) groups is 1. The minimum absolute atomic E-state index is 0.0631. The highest BCUT2D eigenvalue weighted by Gasteiger charge is 2.23. The monoisotopic (exact) mass is 254 g/mol. The molecule has 4 nitrogen and oxygen atoms in total. The summed E-state index contributed by atoms with van der Waals surface area (Å²) in [6.45, 7) is 3.69. The molecule has 2 N–H and O–H groups in total. The molecule has 1 aliphatic rings. The number of ether oxygens (including phenoxy) is 1. The van der Waals surface area contributed by atoms with E-state index >= 15 is 0 Å². The molecule has 1 aromatic rings. The van der Waals surface area contributed by atoms with Crippen LogP contribution < -0.4 is 5.73 Å². The van der Waals surface area contributed by atoms with Crippen LogP contribution in [0.25, 0.3) is 0 Å². The second-order valence-electron chi connectivity index (χ2n) is 4.16. The van der Waals surface area contributed by atoms with E-state index in [-0.39, 0.29) is 12.0 Å². The molecule has 1 heterocycles. The summed E-state index contributed by atoms with van der Waals surface area (Å²) in [7, 11) is 0. The molecular formula is C12H15ClN2O2. The van der Waals surface area contributed by atoms with E-state index in [1.54, 1.807) is 23.1 Å². The normalized spacial score (nSPS) is 20.4. The molecule has 1 fully saturated rings. The van der Waals surface area contributed by atoms with Crippen LogP contribution in [0.2, 0.25) is 5.02 Å². The zero-order valence-corrected chi connectivity index (χ0v) is 10.4. The number of carbonyl (C=O) groups excluding carboxylic acids is 1. The molecule has 17 heavy (non-hydrogen) atoms. The van der Waals surface area contributed by atoms with Crippen molar-refractivity contribution in [1.82, 2.24) is 4.90 Å². The number of anilines is 1. The summed E-state index contributed by atoms with van der Waals surface area (Å²) in [5.74, 6) is -0.0832. The Kier molecular flexibility index (Phi) is 3.54. The zero-order valence-electron chi connectivity index (χ0n) is 9.65. The molecule has 0 spiro atoms. The number of hydrogen-bond acceptors (Lipinski definition) is 3. The van der Waals surface area contributed by atoms with Gasteiger partial charge in [-0.3, -0.25) is 4.79 Å². The Balaban J connectivity index is 2.21. The molecule has 2 rings (SSSR count). The van der Waals surface area contributed by atoms with Gasteiger partial charge in [0.2, 0.25) is 0 Å². The second-order valence-corrected chi connectivity index (χ2v) is 4.60. The van der Waals surface area contributed by atoms with E-state index in [1.807, 2.05) is 6.92 Å². The predicted octanol–water partition coefficient (Wildman–Crippen LogP) is 1.78. The lowest BCUT2D eigenvalue weighted by molar-refractivity contribution is -0.0123. The largest absolute Gasteiger partial charge is 0.398 e. The van der Waals surface area contributed by atoms with Crippen molar-refractivity contribution >= 4 is 23.2 Å². The molecule has 5 heteroatoms. The lowest BCUT2D eigenvalue weighted by Crippen LogP contribution is -2.44. The summed E-state index contributed by atoms with van der Waals surface area (Å²) < 4.78 is 5.40. The second kappa shape index (κ2) is 4.94. The van der Waals surface area contributed by atoms with Crippen molar-refractivity contribution < 1.29 is 9.53 Å². The summed E-state index contributed by atoms with van der Waals surface area (Å²) in [5, 5.41) is 0.517. The number of halogens is 1. The minimum atomic E-state index is -0.0832. The quantitative estimate of drug-likeness (QED) is 0.778. The molecule has 0 aromatic heterocycles. The third-order valence-corrected chi connectivity index (χ3v) is 3.01. The maximum atomic E-state index is 12.3. The molecule has 0 saturated carbocycles. The lowest BCUT2D eigenvalue weighted by atomic mass is 10.1. The van der Waals surface area contributed by atoms with Crippen LogP contribution in [0.4, 0.5) is 5.69 Å². The summed E-state index contributed by atoms with van der Waals surface area (Å²) >= 11 is 5.88. The molecule has 1 atom stereocenters. The summed E-state index contributed by atoms with van der Waals surface area (Å²) in [6, 6.07) is 4.94. The first-order valence-electron chi connectivity index (χ1n) is 5.54. The molecule has 0 aliphatic carbocycles. The van der Waals surface area contributed by atoms with E-state index in [0.717, 1.165) is 0 Å². The fraction of sp³-hybridized carbons (Fsp3) is 0.417. The Morgan fingerprint density at radius 3 is 3.06 bits per heavy atom. The van der Waals surface area contributed by atoms with Crippen LogP contribution in [0.3, 0.4) is 0 Å². The first-order chi connectivity index (χ1) is 8.08. The molecule has 1 amide bonds. The number of nitrogens with zero attached hydrogens (tertiary/aromatic N) is 1. The van der Waals surface area contributed by atoms with E-state index in [1.165, 1.54) is 0 Å². The van der Waals surface area contributed by atoms with E-state index in [9.17, 15) is 4.79 Å². The SMILES string of the molecule is CC1CN(C(=O)c2cc(Cl)ccc2N)CCO1. The topological polar surface area (TPSA) is 55.6 Å². The van der Waals surface area contributed by atoms with Gasteiger partial charge in [0.1, 0.15) is 0 Å². The number of rotatable bonds is 1. The Bertz CT molecular complexity index is 437. The van der Waals surface area contributed by atoms with E-state index in [0.29, 0.717) is 36.0 Å². The summed E-state index contributed by atoms with van der Waals surface area (Å²) in [6.07, 6.45) is 0.0631. The highest BCUT2D eigenvalue weighted by atomic mass is 35.5. The highest BCUT2D eigenvalue weighted by molar-refractivity contribution is 6.31. The lowest BCUT2D eigenvalue weighted by Gasteiger charge is -2.31. The van der Waals surface area contributed by atoms with Crippen molar-refractivity contribution in [3.8, 4) is 0 Å². The Labute approximate surface area is 105 Å². The highest BCUT2D eigenvalue weighted by Crippen LogP contribution is 2.20. The van der Waals surface area contributed by atoms with Gasteiger partial charge in [-0.2, -0.15) is 0 Å². The molecule has 92 valence electrons. The van der Waals surface area contributed by atoms with Crippen LogP contribution in [0.15, 0.2) is 18.2 Å². The first kappa shape index (κ1) is 12.2. The van der Waals surface area contributed by atoms with Gasteiger partial charge in [-0.1, -0.05) is 11.6 Å². The molecule has 1 aromatic carbocycles. The average Bonchev–Trinajstić information content (AvgIpc) is 2.31. The van der Waals surface area contributed by atoms with Crippen LogP contribution in [0.5, 0.6) is 0 Å². The smallest absolute Gasteiger partial charge is 0.256 e. The Morgan fingerprint density at radius 1 is 1.59 bits per heavy atom. The fourth-order valence-corrected chi connectivity index (χ4v) is 2.06.